The van der Waals surface area contributed by atoms with E-state index >= 15 is 0 Å². The van der Waals surface area contributed by atoms with Gasteiger partial charge in [0.05, 0.1) is 23.0 Å². The van der Waals surface area contributed by atoms with Gasteiger partial charge in [0.15, 0.2) is 5.69 Å². The number of aliphatic carboxylic acids is 1. The molecule has 2 aromatic carbocycles. The van der Waals surface area contributed by atoms with Crippen LogP contribution in [0, 0.1) is 6.92 Å². The first-order chi connectivity index (χ1) is 19.6. The van der Waals surface area contributed by atoms with Crippen LogP contribution in [-0.2, 0) is 4.79 Å². The van der Waals surface area contributed by atoms with Gasteiger partial charge in [-0.25, -0.2) is 9.78 Å². The molecule has 0 bridgehead atoms. The van der Waals surface area contributed by atoms with Crippen LogP contribution in [-0.4, -0.2) is 66.7 Å². The number of aryl methyl sites for hydroxylation is 1. The van der Waals surface area contributed by atoms with Crippen molar-refractivity contribution in [2.75, 3.05) is 39.6 Å². The fraction of sp³-hybridized carbons (Fsp3) is 0.406. The summed E-state index contributed by atoms with van der Waals surface area (Å²) in [7, 11) is 5.76. The number of amides is 1. The minimum absolute atomic E-state index is 0.134. The molecular formula is C32H39ClN4O4. The standard InChI is InChI=1S/C32H39ClN4O4/c1-21-11-6-7-12-23(21)24-20-26(34-2)29(30(38)36-32(31(39)40)15-8-5-9-16-32)35-28(24)22-13-14-25(33)27(19-22)41-18-10-17-37(3)4/h6-7,11-14,19-20,34H,5,8-10,15-18H2,1-4H3,(H,36,38)(H,39,40). The molecule has 1 fully saturated rings. The van der Waals surface area contributed by atoms with Crippen molar-refractivity contribution in [3.8, 4) is 28.1 Å². The summed E-state index contributed by atoms with van der Waals surface area (Å²) in [5.74, 6) is -0.997. The Bertz CT molecular complexity index is 1400. The average molecular weight is 579 g/mol. The smallest absolute Gasteiger partial charge is 0.329 e. The van der Waals surface area contributed by atoms with Crippen molar-refractivity contribution >= 4 is 29.2 Å². The number of nitrogens with zero attached hydrogens (tertiary/aromatic N) is 2. The van der Waals surface area contributed by atoms with E-state index in [2.05, 4.69) is 15.5 Å². The summed E-state index contributed by atoms with van der Waals surface area (Å²) in [4.78, 5) is 33.0. The van der Waals surface area contributed by atoms with Gasteiger partial charge in [-0.2, -0.15) is 0 Å². The van der Waals surface area contributed by atoms with Crippen molar-refractivity contribution in [2.24, 2.45) is 0 Å². The molecule has 3 N–H and O–H groups in total. The highest BCUT2D eigenvalue weighted by molar-refractivity contribution is 6.32. The summed E-state index contributed by atoms with van der Waals surface area (Å²) in [5.41, 5.74) is 3.50. The van der Waals surface area contributed by atoms with Crippen LogP contribution in [0.3, 0.4) is 0 Å². The lowest BCUT2D eigenvalue weighted by molar-refractivity contribution is -0.145. The fourth-order valence-electron chi connectivity index (χ4n) is 5.33. The van der Waals surface area contributed by atoms with Crippen molar-refractivity contribution in [3.63, 3.8) is 0 Å². The second-order valence-corrected chi connectivity index (χ2v) is 11.3. The molecule has 0 aliphatic heterocycles. The van der Waals surface area contributed by atoms with Crippen LogP contribution in [0.25, 0.3) is 22.4 Å². The number of ether oxygens (including phenoxy) is 1. The number of hydrogen-bond acceptors (Lipinski definition) is 6. The average Bonchev–Trinajstić information content (AvgIpc) is 2.96. The molecule has 218 valence electrons. The third kappa shape index (κ3) is 7.00. The van der Waals surface area contributed by atoms with Crippen molar-refractivity contribution in [2.45, 2.75) is 51.0 Å². The first-order valence-electron chi connectivity index (χ1n) is 14.1. The van der Waals surface area contributed by atoms with E-state index in [1.165, 1.54) is 0 Å². The Hall–Kier alpha value is -3.62. The molecule has 0 atom stereocenters. The number of anilines is 1. The Labute approximate surface area is 247 Å². The van der Waals surface area contributed by atoms with Crippen LogP contribution in [0.2, 0.25) is 5.02 Å². The van der Waals surface area contributed by atoms with Gasteiger partial charge in [-0.3, -0.25) is 4.79 Å². The van der Waals surface area contributed by atoms with Crippen LogP contribution in [0.15, 0.2) is 48.5 Å². The number of rotatable bonds is 11. The maximum atomic E-state index is 13.7. The molecule has 41 heavy (non-hydrogen) atoms. The highest BCUT2D eigenvalue weighted by Gasteiger charge is 2.41. The topological polar surface area (TPSA) is 104 Å². The van der Waals surface area contributed by atoms with E-state index in [1.807, 2.05) is 63.5 Å². The summed E-state index contributed by atoms with van der Waals surface area (Å²) < 4.78 is 6.04. The van der Waals surface area contributed by atoms with Gasteiger partial charge >= 0.3 is 5.97 Å². The van der Waals surface area contributed by atoms with Crippen LogP contribution in [0.4, 0.5) is 5.69 Å². The van der Waals surface area contributed by atoms with Crippen LogP contribution in [0.5, 0.6) is 5.75 Å². The molecule has 9 heteroatoms. The lowest BCUT2D eigenvalue weighted by Gasteiger charge is -2.34. The molecule has 0 saturated heterocycles. The normalized spacial score (nSPS) is 14.5. The predicted molar refractivity (Wildman–Crippen MR) is 164 cm³/mol. The minimum atomic E-state index is -1.30. The fourth-order valence-corrected chi connectivity index (χ4v) is 5.50. The lowest BCUT2D eigenvalue weighted by atomic mass is 9.81. The third-order valence-electron chi connectivity index (χ3n) is 7.62. The number of nitrogens with one attached hydrogen (secondary N) is 2. The van der Waals surface area contributed by atoms with Crippen LogP contribution >= 0.6 is 11.6 Å². The van der Waals surface area contributed by atoms with E-state index in [9.17, 15) is 14.7 Å². The summed E-state index contributed by atoms with van der Waals surface area (Å²) in [6, 6.07) is 15.4. The Morgan fingerprint density at radius 1 is 1.07 bits per heavy atom. The number of carboxylic acid groups (broad SMARTS) is 1. The second kappa shape index (κ2) is 13.4. The largest absolute Gasteiger partial charge is 0.492 e. The van der Waals surface area contributed by atoms with E-state index in [0.29, 0.717) is 41.6 Å². The zero-order valence-corrected chi connectivity index (χ0v) is 25.0. The van der Waals surface area contributed by atoms with Crippen molar-refractivity contribution in [1.29, 1.82) is 0 Å². The highest BCUT2D eigenvalue weighted by Crippen LogP contribution is 2.39. The third-order valence-corrected chi connectivity index (χ3v) is 7.94. The minimum Gasteiger partial charge on any atom is -0.492 e. The van der Waals surface area contributed by atoms with Gasteiger partial charge in [0, 0.05) is 24.7 Å². The molecule has 0 radical (unpaired) electrons. The van der Waals surface area contributed by atoms with Gasteiger partial charge in [0.2, 0.25) is 0 Å². The molecule has 3 aromatic rings. The maximum Gasteiger partial charge on any atom is 0.329 e. The molecular weight excluding hydrogens is 540 g/mol. The number of carbonyl (C=O) groups excluding carboxylic acids is 1. The molecule has 0 unspecified atom stereocenters. The lowest BCUT2D eigenvalue weighted by Crippen LogP contribution is -2.55. The van der Waals surface area contributed by atoms with E-state index in [1.54, 1.807) is 13.1 Å². The molecule has 0 spiro atoms. The van der Waals surface area contributed by atoms with Gasteiger partial charge in [-0.15, -0.1) is 0 Å². The van der Waals surface area contributed by atoms with Crippen LogP contribution < -0.4 is 15.4 Å². The molecule has 8 nitrogen and oxygen atoms in total. The van der Waals surface area contributed by atoms with Crippen molar-refractivity contribution in [3.05, 3.63) is 64.8 Å². The van der Waals surface area contributed by atoms with Gasteiger partial charge in [0.1, 0.15) is 11.3 Å². The number of pyridine rings is 1. The summed E-state index contributed by atoms with van der Waals surface area (Å²) in [5, 5.41) is 16.5. The van der Waals surface area contributed by atoms with E-state index < -0.39 is 17.4 Å². The molecule has 1 aliphatic carbocycles. The van der Waals surface area contributed by atoms with Crippen molar-refractivity contribution < 1.29 is 19.4 Å². The van der Waals surface area contributed by atoms with Crippen molar-refractivity contribution in [1.82, 2.24) is 15.2 Å². The summed E-state index contributed by atoms with van der Waals surface area (Å²) in [6.45, 7) is 3.42. The van der Waals surface area contributed by atoms with Gasteiger partial charge < -0.3 is 25.4 Å². The van der Waals surface area contributed by atoms with Gasteiger partial charge in [-0.1, -0.05) is 61.2 Å². The molecule has 1 heterocycles. The number of carbonyl (C=O) groups is 2. The molecule has 4 rings (SSSR count). The number of halogens is 1. The van der Waals surface area contributed by atoms with Crippen LogP contribution in [0.1, 0.15) is 54.6 Å². The molecule has 1 amide bonds. The quantitative estimate of drug-likeness (QED) is 0.230. The number of benzene rings is 2. The summed E-state index contributed by atoms with van der Waals surface area (Å²) >= 11 is 6.50. The monoisotopic (exact) mass is 578 g/mol. The number of carboxylic acids is 1. The maximum absolute atomic E-state index is 13.7. The Balaban J connectivity index is 1.81. The molecule has 1 aliphatic rings. The second-order valence-electron chi connectivity index (χ2n) is 10.9. The molecule has 1 aromatic heterocycles. The first kappa shape index (κ1) is 30.3. The SMILES string of the molecule is CNc1cc(-c2ccccc2C)c(-c2ccc(Cl)c(OCCCN(C)C)c2)nc1C(=O)NC1(C(=O)O)CCCCC1. The predicted octanol–water partition coefficient (Wildman–Crippen LogP) is 6.27. The highest BCUT2D eigenvalue weighted by atomic mass is 35.5. The van der Waals surface area contributed by atoms with Gasteiger partial charge in [-0.05, 0) is 69.6 Å². The number of aromatic nitrogens is 1. The molecule has 1 saturated carbocycles. The Kier molecular flexibility index (Phi) is 9.89. The van der Waals surface area contributed by atoms with E-state index in [-0.39, 0.29) is 5.69 Å². The zero-order chi connectivity index (χ0) is 29.6. The summed E-state index contributed by atoms with van der Waals surface area (Å²) in [6.07, 6.45) is 4.08. The zero-order valence-electron chi connectivity index (χ0n) is 24.2. The number of hydrogen-bond donors (Lipinski definition) is 3. The Morgan fingerprint density at radius 3 is 2.46 bits per heavy atom. The van der Waals surface area contributed by atoms with E-state index in [4.69, 9.17) is 21.3 Å². The van der Waals surface area contributed by atoms with E-state index in [0.717, 1.165) is 54.5 Å². The first-order valence-corrected chi connectivity index (χ1v) is 14.4. The van der Waals surface area contributed by atoms with Gasteiger partial charge in [0.25, 0.3) is 5.91 Å². The Morgan fingerprint density at radius 2 is 1.80 bits per heavy atom.